The zero-order valence-corrected chi connectivity index (χ0v) is 10.5. The van der Waals surface area contributed by atoms with Gasteiger partial charge in [0, 0.05) is 16.2 Å². The van der Waals surface area contributed by atoms with Crippen molar-refractivity contribution >= 4 is 11.8 Å². The van der Waals surface area contributed by atoms with Crippen LogP contribution in [0.15, 0.2) is 23.1 Å². The molecule has 1 aromatic carbocycles. The van der Waals surface area contributed by atoms with E-state index in [2.05, 4.69) is 44.3 Å². The van der Waals surface area contributed by atoms with Crippen LogP contribution in [0.1, 0.15) is 37.4 Å². The molecule has 82 valence electrons. The summed E-state index contributed by atoms with van der Waals surface area (Å²) in [5, 5.41) is 4.30. The second-order valence-electron chi connectivity index (χ2n) is 4.25. The summed E-state index contributed by atoms with van der Waals surface area (Å²) in [5.41, 5.74) is 2.92. The van der Waals surface area contributed by atoms with Crippen LogP contribution < -0.4 is 5.32 Å². The standard InChI is InChI=1S/C13H19NS/c1-4-8-14-12-10(3)15-13-9(2)6-5-7-11(12)13/h5-7,10,12,14H,4,8H2,1-3H3. The second kappa shape index (κ2) is 4.58. The minimum atomic E-state index is 0.546. The SMILES string of the molecule is CCCNC1c2cccc(C)c2SC1C. The maximum atomic E-state index is 3.64. The third-order valence-electron chi connectivity index (χ3n) is 2.96. The lowest BCUT2D eigenvalue weighted by Gasteiger charge is -2.17. The largest absolute Gasteiger partial charge is 0.309 e. The van der Waals surface area contributed by atoms with Crippen molar-refractivity contribution in [3.05, 3.63) is 29.3 Å². The van der Waals surface area contributed by atoms with Crippen LogP contribution in [0.25, 0.3) is 0 Å². The third kappa shape index (κ3) is 2.06. The van der Waals surface area contributed by atoms with Gasteiger partial charge in [-0.3, -0.25) is 0 Å². The molecule has 15 heavy (non-hydrogen) atoms. The molecule has 2 heteroatoms. The molecule has 0 bridgehead atoms. The lowest BCUT2D eigenvalue weighted by molar-refractivity contribution is 0.532. The Hall–Kier alpha value is -0.470. The van der Waals surface area contributed by atoms with Crippen molar-refractivity contribution in [2.24, 2.45) is 0 Å². The molecule has 0 amide bonds. The van der Waals surface area contributed by atoms with Gasteiger partial charge >= 0.3 is 0 Å². The van der Waals surface area contributed by atoms with Crippen molar-refractivity contribution in [2.45, 2.75) is 43.4 Å². The summed E-state index contributed by atoms with van der Waals surface area (Å²) < 4.78 is 0. The molecule has 2 rings (SSSR count). The fourth-order valence-electron chi connectivity index (χ4n) is 2.16. The summed E-state index contributed by atoms with van der Waals surface area (Å²) in [6.45, 7) is 7.86. The van der Waals surface area contributed by atoms with Crippen molar-refractivity contribution < 1.29 is 0 Å². The highest BCUT2D eigenvalue weighted by molar-refractivity contribution is 8.00. The van der Waals surface area contributed by atoms with E-state index in [4.69, 9.17) is 0 Å². The third-order valence-corrected chi connectivity index (χ3v) is 4.40. The van der Waals surface area contributed by atoms with Crippen molar-refractivity contribution in [3.63, 3.8) is 0 Å². The Bertz CT molecular complexity index is 348. The minimum Gasteiger partial charge on any atom is -0.309 e. The zero-order chi connectivity index (χ0) is 10.8. The molecule has 2 unspecified atom stereocenters. The highest BCUT2D eigenvalue weighted by atomic mass is 32.2. The molecule has 1 nitrogen and oxygen atoms in total. The van der Waals surface area contributed by atoms with E-state index >= 15 is 0 Å². The van der Waals surface area contributed by atoms with Gasteiger partial charge in [-0.05, 0) is 31.0 Å². The molecule has 1 aromatic rings. The number of hydrogen-bond donors (Lipinski definition) is 1. The summed E-state index contributed by atoms with van der Waals surface area (Å²) in [5.74, 6) is 0. The fourth-order valence-corrected chi connectivity index (χ4v) is 3.50. The van der Waals surface area contributed by atoms with Gasteiger partial charge in [0.15, 0.2) is 0 Å². The molecule has 0 spiro atoms. The van der Waals surface area contributed by atoms with E-state index in [0.717, 1.165) is 6.54 Å². The quantitative estimate of drug-likeness (QED) is 0.838. The Balaban J connectivity index is 2.25. The lowest BCUT2D eigenvalue weighted by atomic mass is 10.0. The van der Waals surface area contributed by atoms with Crippen LogP contribution in [0.3, 0.4) is 0 Å². The number of thioether (sulfide) groups is 1. The maximum absolute atomic E-state index is 3.64. The van der Waals surface area contributed by atoms with E-state index < -0.39 is 0 Å². The summed E-state index contributed by atoms with van der Waals surface area (Å²) in [6.07, 6.45) is 1.20. The lowest BCUT2D eigenvalue weighted by Crippen LogP contribution is -2.26. The van der Waals surface area contributed by atoms with Gasteiger partial charge in [0.25, 0.3) is 0 Å². The van der Waals surface area contributed by atoms with Crippen LogP contribution in [-0.4, -0.2) is 11.8 Å². The van der Waals surface area contributed by atoms with Gasteiger partial charge in [0.1, 0.15) is 0 Å². The Kier molecular flexibility index (Phi) is 3.37. The van der Waals surface area contributed by atoms with Gasteiger partial charge in [0.2, 0.25) is 0 Å². The molecule has 1 aliphatic heterocycles. The van der Waals surface area contributed by atoms with Crippen molar-refractivity contribution in [1.29, 1.82) is 0 Å². The number of aryl methyl sites for hydroxylation is 1. The predicted octanol–water partition coefficient (Wildman–Crippen LogP) is 3.53. The Morgan fingerprint density at radius 3 is 2.93 bits per heavy atom. The molecule has 1 heterocycles. The van der Waals surface area contributed by atoms with E-state index in [1.54, 1.807) is 0 Å². The van der Waals surface area contributed by atoms with Crippen LogP contribution in [0, 0.1) is 6.92 Å². The topological polar surface area (TPSA) is 12.0 Å². The highest BCUT2D eigenvalue weighted by Gasteiger charge is 2.30. The van der Waals surface area contributed by atoms with Crippen molar-refractivity contribution in [3.8, 4) is 0 Å². The van der Waals surface area contributed by atoms with Crippen LogP contribution in [0.5, 0.6) is 0 Å². The zero-order valence-electron chi connectivity index (χ0n) is 9.71. The highest BCUT2D eigenvalue weighted by Crippen LogP contribution is 2.45. The van der Waals surface area contributed by atoms with E-state index in [0.29, 0.717) is 11.3 Å². The monoisotopic (exact) mass is 221 g/mol. The van der Waals surface area contributed by atoms with Gasteiger partial charge < -0.3 is 5.32 Å². The average molecular weight is 221 g/mol. The number of benzene rings is 1. The molecule has 0 aromatic heterocycles. The number of nitrogens with one attached hydrogen (secondary N) is 1. The maximum Gasteiger partial charge on any atom is 0.0452 e. The van der Waals surface area contributed by atoms with Gasteiger partial charge in [-0.1, -0.05) is 32.0 Å². The van der Waals surface area contributed by atoms with Gasteiger partial charge in [0.05, 0.1) is 0 Å². The average Bonchev–Trinajstić information content (AvgIpc) is 2.54. The van der Waals surface area contributed by atoms with Crippen LogP contribution in [0.2, 0.25) is 0 Å². The summed E-state index contributed by atoms with van der Waals surface area (Å²) >= 11 is 2.01. The number of hydrogen-bond acceptors (Lipinski definition) is 2. The minimum absolute atomic E-state index is 0.546. The van der Waals surface area contributed by atoms with E-state index in [1.165, 1.54) is 22.4 Å². The predicted molar refractivity (Wildman–Crippen MR) is 67.5 cm³/mol. The molecular weight excluding hydrogens is 202 g/mol. The van der Waals surface area contributed by atoms with Gasteiger partial charge in [-0.15, -0.1) is 11.8 Å². The van der Waals surface area contributed by atoms with Gasteiger partial charge in [-0.2, -0.15) is 0 Å². The molecule has 0 radical (unpaired) electrons. The second-order valence-corrected chi connectivity index (χ2v) is 5.64. The Morgan fingerprint density at radius 2 is 2.20 bits per heavy atom. The normalized spacial score (nSPS) is 24.2. The molecule has 0 saturated carbocycles. The van der Waals surface area contributed by atoms with Crippen molar-refractivity contribution in [1.82, 2.24) is 5.32 Å². The summed E-state index contributed by atoms with van der Waals surface area (Å²) in [7, 11) is 0. The molecule has 1 aliphatic rings. The van der Waals surface area contributed by atoms with Gasteiger partial charge in [-0.25, -0.2) is 0 Å². The van der Waals surface area contributed by atoms with Crippen LogP contribution >= 0.6 is 11.8 Å². The first-order valence-electron chi connectivity index (χ1n) is 5.73. The Labute approximate surface area is 96.7 Å². The smallest absolute Gasteiger partial charge is 0.0452 e. The van der Waals surface area contributed by atoms with Crippen LogP contribution in [0.4, 0.5) is 0 Å². The molecule has 2 atom stereocenters. The van der Waals surface area contributed by atoms with E-state index in [1.807, 2.05) is 11.8 Å². The van der Waals surface area contributed by atoms with E-state index in [9.17, 15) is 0 Å². The first kappa shape index (κ1) is 11.0. The fraction of sp³-hybridized carbons (Fsp3) is 0.538. The molecule has 0 saturated heterocycles. The first-order valence-corrected chi connectivity index (χ1v) is 6.61. The molecular formula is C13H19NS. The summed E-state index contributed by atoms with van der Waals surface area (Å²) in [6, 6.07) is 7.20. The molecule has 1 N–H and O–H groups in total. The Morgan fingerprint density at radius 1 is 1.40 bits per heavy atom. The summed E-state index contributed by atoms with van der Waals surface area (Å²) in [4.78, 5) is 1.50. The number of rotatable bonds is 3. The first-order chi connectivity index (χ1) is 7.24. The van der Waals surface area contributed by atoms with E-state index in [-0.39, 0.29) is 0 Å². The molecule has 0 fully saturated rings. The number of fused-ring (bicyclic) bond motifs is 1. The van der Waals surface area contributed by atoms with Crippen molar-refractivity contribution in [2.75, 3.05) is 6.54 Å². The van der Waals surface area contributed by atoms with Crippen LogP contribution in [-0.2, 0) is 0 Å². The molecule has 0 aliphatic carbocycles.